The number of carbonyl (C=O) groups is 1. The molecule has 0 aliphatic carbocycles. The van der Waals surface area contributed by atoms with Crippen LogP contribution in [0.15, 0.2) is 24.3 Å². The number of hydrogen-bond donors (Lipinski definition) is 0. The van der Waals surface area contributed by atoms with Crippen LogP contribution in [0.5, 0.6) is 0 Å². The van der Waals surface area contributed by atoms with Crippen LogP contribution in [0, 0.1) is 0 Å². The SMILES string of the molecule is CC(CCCC(=O)N(C)C)c1cccc(C(F)(F)F)c1. The number of nitrogens with zero attached hydrogens (tertiary/aromatic N) is 1. The minimum absolute atomic E-state index is 0.00672. The Morgan fingerprint density at radius 2 is 1.95 bits per heavy atom. The lowest BCUT2D eigenvalue weighted by Crippen LogP contribution is -2.21. The molecule has 0 saturated heterocycles. The van der Waals surface area contributed by atoms with E-state index < -0.39 is 11.7 Å². The molecule has 5 heteroatoms. The van der Waals surface area contributed by atoms with Gasteiger partial charge in [-0.15, -0.1) is 0 Å². The Morgan fingerprint density at radius 3 is 2.50 bits per heavy atom. The summed E-state index contributed by atoms with van der Waals surface area (Å²) < 4.78 is 37.9. The molecule has 1 unspecified atom stereocenters. The number of alkyl halides is 3. The number of carbonyl (C=O) groups excluding carboxylic acids is 1. The smallest absolute Gasteiger partial charge is 0.349 e. The Hall–Kier alpha value is -1.52. The Kier molecular flexibility index (Phi) is 5.60. The molecule has 0 saturated carbocycles. The molecule has 0 aliphatic heterocycles. The molecule has 20 heavy (non-hydrogen) atoms. The molecule has 1 aromatic rings. The van der Waals surface area contributed by atoms with Crippen molar-refractivity contribution in [2.45, 2.75) is 38.3 Å². The minimum atomic E-state index is -4.31. The number of benzene rings is 1. The predicted molar refractivity (Wildman–Crippen MR) is 72.4 cm³/mol. The van der Waals surface area contributed by atoms with Crippen molar-refractivity contribution in [1.29, 1.82) is 0 Å². The van der Waals surface area contributed by atoms with Crippen molar-refractivity contribution < 1.29 is 18.0 Å². The van der Waals surface area contributed by atoms with E-state index in [1.807, 2.05) is 6.92 Å². The van der Waals surface area contributed by atoms with Gasteiger partial charge in [0.25, 0.3) is 0 Å². The second kappa shape index (κ2) is 6.77. The standard InChI is InChI=1S/C15H20F3NO/c1-11(6-4-9-14(20)19(2)3)12-7-5-8-13(10-12)15(16,17)18/h5,7-8,10-11H,4,6,9H2,1-3H3. The Balaban J connectivity index is 2.60. The normalized spacial score (nSPS) is 13.1. The van der Waals surface area contributed by atoms with Crippen molar-refractivity contribution in [2.75, 3.05) is 14.1 Å². The van der Waals surface area contributed by atoms with Gasteiger partial charge in [0, 0.05) is 20.5 Å². The zero-order valence-electron chi connectivity index (χ0n) is 12.0. The van der Waals surface area contributed by atoms with Gasteiger partial charge in [-0.1, -0.05) is 25.1 Å². The number of hydrogen-bond acceptors (Lipinski definition) is 1. The summed E-state index contributed by atoms with van der Waals surface area (Å²) in [4.78, 5) is 12.9. The van der Waals surface area contributed by atoms with Gasteiger partial charge in [0.15, 0.2) is 0 Å². The Bertz CT molecular complexity index is 455. The lowest BCUT2D eigenvalue weighted by Gasteiger charge is -2.15. The van der Waals surface area contributed by atoms with Crippen molar-refractivity contribution in [3.05, 3.63) is 35.4 Å². The van der Waals surface area contributed by atoms with Crippen LogP contribution >= 0.6 is 0 Å². The Morgan fingerprint density at radius 1 is 1.30 bits per heavy atom. The van der Waals surface area contributed by atoms with E-state index >= 15 is 0 Å². The van der Waals surface area contributed by atoms with Crippen LogP contribution in [0.2, 0.25) is 0 Å². The van der Waals surface area contributed by atoms with E-state index in [4.69, 9.17) is 0 Å². The van der Waals surface area contributed by atoms with Crippen molar-refractivity contribution in [2.24, 2.45) is 0 Å². The van der Waals surface area contributed by atoms with Crippen LogP contribution in [-0.2, 0) is 11.0 Å². The zero-order valence-corrected chi connectivity index (χ0v) is 12.0. The van der Waals surface area contributed by atoms with Crippen LogP contribution in [0.3, 0.4) is 0 Å². The maximum Gasteiger partial charge on any atom is 0.416 e. The topological polar surface area (TPSA) is 20.3 Å². The molecule has 0 spiro atoms. The third-order valence-electron chi connectivity index (χ3n) is 3.31. The highest BCUT2D eigenvalue weighted by atomic mass is 19.4. The average Bonchev–Trinajstić information content (AvgIpc) is 2.37. The van der Waals surface area contributed by atoms with Gasteiger partial charge in [-0.25, -0.2) is 0 Å². The highest BCUT2D eigenvalue weighted by molar-refractivity contribution is 5.75. The van der Waals surface area contributed by atoms with E-state index in [1.165, 1.54) is 17.0 Å². The summed E-state index contributed by atoms with van der Waals surface area (Å²) >= 11 is 0. The maximum absolute atomic E-state index is 12.6. The average molecular weight is 287 g/mol. The Labute approximate surface area is 117 Å². The summed E-state index contributed by atoms with van der Waals surface area (Å²) in [5, 5.41) is 0. The fourth-order valence-corrected chi connectivity index (χ4v) is 1.97. The van der Waals surface area contributed by atoms with E-state index in [1.54, 1.807) is 20.2 Å². The van der Waals surface area contributed by atoms with Gasteiger partial charge < -0.3 is 4.90 Å². The van der Waals surface area contributed by atoms with Crippen molar-refractivity contribution in [3.63, 3.8) is 0 Å². The first-order valence-electron chi connectivity index (χ1n) is 6.59. The van der Waals surface area contributed by atoms with Gasteiger partial charge in [-0.05, 0) is 30.4 Å². The van der Waals surface area contributed by atoms with Gasteiger partial charge in [0.1, 0.15) is 0 Å². The van der Waals surface area contributed by atoms with Crippen LogP contribution < -0.4 is 0 Å². The van der Waals surface area contributed by atoms with Crippen LogP contribution in [-0.4, -0.2) is 24.9 Å². The lowest BCUT2D eigenvalue weighted by atomic mass is 9.94. The summed E-state index contributed by atoms with van der Waals surface area (Å²) in [6, 6.07) is 5.40. The fraction of sp³-hybridized carbons (Fsp3) is 0.533. The largest absolute Gasteiger partial charge is 0.416 e. The number of rotatable bonds is 5. The number of amides is 1. The third-order valence-corrected chi connectivity index (χ3v) is 3.31. The molecule has 0 fully saturated rings. The predicted octanol–water partition coefficient (Wildman–Crippen LogP) is 4.07. The first-order chi connectivity index (χ1) is 9.21. The van der Waals surface area contributed by atoms with Crippen molar-refractivity contribution in [3.8, 4) is 0 Å². The summed E-state index contributed by atoms with van der Waals surface area (Å²) in [6.07, 6.45) is -2.51. The molecule has 0 radical (unpaired) electrons. The van der Waals surface area contributed by atoms with Crippen molar-refractivity contribution >= 4 is 5.91 Å². The van der Waals surface area contributed by atoms with Crippen LogP contribution in [0.1, 0.15) is 43.2 Å². The molecule has 0 aliphatic rings. The second-order valence-corrected chi connectivity index (χ2v) is 5.20. The maximum atomic E-state index is 12.6. The summed E-state index contributed by atoms with van der Waals surface area (Å²) in [5.41, 5.74) is 0.0448. The second-order valence-electron chi connectivity index (χ2n) is 5.20. The molecule has 0 bridgehead atoms. The van der Waals surface area contributed by atoms with E-state index in [-0.39, 0.29) is 11.8 Å². The molecule has 112 valence electrons. The van der Waals surface area contributed by atoms with Gasteiger partial charge in [0.2, 0.25) is 5.91 Å². The molecule has 0 N–H and O–H groups in total. The molecule has 1 amide bonds. The zero-order chi connectivity index (χ0) is 15.3. The molecule has 0 aromatic heterocycles. The van der Waals surface area contributed by atoms with Crippen LogP contribution in [0.4, 0.5) is 13.2 Å². The van der Waals surface area contributed by atoms with Crippen molar-refractivity contribution in [1.82, 2.24) is 4.90 Å². The minimum Gasteiger partial charge on any atom is -0.349 e. The first-order valence-corrected chi connectivity index (χ1v) is 6.59. The van der Waals surface area contributed by atoms with Gasteiger partial charge in [-0.3, -0.25) is 4.79 Å². The van der Waals surface area contributed by atoms with Gasteiger partial charge in [-0.2, -0.15) is 13.2 Å². The molecule has 1 aromatic carbocycles. The summed E-state index contributed by atoms with van der Waals surface area (Å²) in [7, 11) is 3.39. The highest BCUT2D eigenvalue weighted by Gasteiger charge is 2.30. The van der Waals surface area contributed by atoms with E-state index in [0.29, 0.717) is 24.8 Å². The fourth-order valence-electron chi connectivity index (χ4n) is 1.97. The lowest BCUT2D eigenvalue weighted by molar-refractivity contribution is -0.137. The molecular weight excluding hydrogens is 267 g/mol. The van der Waals surface area contributed by atoms with E-state index in [0.717, 1.165) is 6.07 Å². The molecule has 0 heterocycles. The molecule has 1 rings (SSSR count). The van der Waals surface area contributed by atoms with E-state index in [9.17, 15) is 18.0 Å². The highest BCUT2D eigenvalue weighted by Crippen LogP contribution is 2.32. The van der Waals surface area contributed by atoms with Crippen LogP contribution in [0.25, 0.3) is 0 Å². The monoisotopic (exact) mass is 287 g/mol. The molecule has 1 atom stereocenters. The first kappa shape index (κ1) is 16.5. The summed E-state index contributed by atoms with van der Waals surface area (Å²) in [5.74, 6) is 0.0495. The summed E-state index contributed by atoms with van der Waals surface area (Å²) in [6.45, 7) is 1.88. The van der Waals surface area contributed by atoms with Gasteiger partial charge in [0.05, 0.1) is 5.56 Å². The third kappa shape index (κ3) is 4.87. The quantitative estimate of drug-likeness (QED) is 0.799. The number of halogens is 3. The molecular formula is C15H20F3NO. The molecule has 2 nitrogen and oxygen atoms in total. The van der Waals surface area contributed by atoms with Gasteiger partial charge >= 0.3 is 6.18 Å². The van der Waals surface area contributed by atoms with E-state index in [2.05, 4.69) is 0 Å².